The standard InChI is InChI=1S/C24H25F2NO5S/c1-12-13(2)19-17(14(3)18(12)28)9-10-23(4,32-19)11-31-16-7-5-15(6-8-16)24(25,26)20-21(29)27-22(30)33-20/h5-8,28-29H,9-11H2,1-4H3,(H,27,30). The van der Waals surface area contributed by atoms with Gasteiger partial charge in [0.05, 0.1) is 0 Å². The number of phenols is 1. The third kappa shape index (κ3) is 4.06. The zero-order valence-electron chi connectivity index (χ0n) is 18.7. The van der Waals surface area contributed by atoms with Crippen molar-refractivity contribution in [2.45, 2.75) is 52.1 Å². The van der Waals surface area contributed by atoms with E-state index < -0.39 is 27.2 Å². The van der Waals surface area contributed by atoms with E-state index in [0.29, 0.717) is 17.9 Å². The van der Waals surface area contributed by atoms with Crippen LogP contribution in [0.1, 0.15) is 46.0 Å². The van der Waals surface area contributed by atoms with E-state index in [4.69, 9.17) is 9.47 Å². The first kappa shape index (κ1) is 23.1. The Labute approximate surface area is 193 Å². The predicted octanol–water partition coefficient (Wildman–Crippen LogP) is 5.08. The van der Waals surface area contributed by atoms with Crippen molar-refractivity contribution in [1.29, 1.82) is 0 Å². The van der Waals surface area contributed by atoms with E-state index >= 15 is 0 Å². The Morgan fingerprint density at radius 2 is 1.82 bits per heavy atom. The molecule has 0 radical (unpaired) electrons. The van der Waals surface area contributed by atoms with E-state index in [9.17, 15) is 23.8 Å². The molecule has 0 saturated heterocycles. The van der Waals surface area contributed by atoms with Gasteiger partial charge in [-0.05, 0) is 81.5 Å². The van der Waals surface area contributed by atoms with Gasteiger partial charge in [-0.3, -0.25) is 9.78 Å². The van der Waals surface area contributed by atoms with Gasteiger partial charge in [0.25, 0.3) is 0 Å². The number of aromatic nitrogens is 1. The molecular weight excluding hydrogens is 452 g/mol. The molecule has 0 bridgehead atoms. The van der Waals surface area contributed by atoms with Crippen molar-refractivity contribution in [1.82, 2.24) is 4.98 Å². The van der Waals surface area contributed by atoms with E-state index in [1.807, 2.05) is 32.7 Å². The summed E-state index contributed by atoms with van der Waals surface area (Å²) in [5.41, 5.74) is 2.50. The van der Waals surface area contributed by atoms with Gasteiger partial charge in [0.15, 0.2) is 0 Å². The summed E-state index contributed by atoms with van der Waals surface area (Å²) in [4.78, 5) is 11.8. The number of thiazole rings is 1. The number of hydrogen-bond acceptors (Lipinski definition) is 6. The number of benzene rings is 2. The molecule has 3 aromatic rings. The number of alkyl halides is 2. The number of H-pyrrole nitrogens is 1. The third-order valence-corrected chi connectivity index (χ3v) is 7.21. The summed E-state index contributed by atoms with van der Waals surface area (Å²) < 4.78 is 41.6. The molecular formula is C24H25F2NO5S. The minimum atomic E-state index is -3.52. The average Bonchev–Trinajstić information content (AvgIpc) is 3.14. The molecule has 1 aliphatic rings. The van der Waals surface area contributed by atoms with Gasteiger partial charge in [0.2, 0.25) is 5.88 Å². The largest absolute Gasteiger partial charge is 0.507 e. The Hall–Kier alpha value is -3.07. The number of rotatable bonds is 5. The van der Waals surface area contributed by atoms with E-state index in [2.05, 4.69) is 0 Å². The smallest absolute Gasteiger partial charge is 0.312 e. The number of ether oxygens (including phenoxy) is 2. The Balaban J connectivity index is 1.49. The first-order valence-corrected chi connectivity index (χ1v) is 11.3. The van der Waals surface area contributed by atoms with Gasteiger partial charge < -0.3 is 19.7 Å². The van der Waals surface area contributed by atoms with Crippen LogP contribution in [0.25, 0.3) is 0 Å². The fourth-order valence-corrected chi connectivity index (χ4v) is 4.78. The van der Waals surface area contributed by atoms with E-state index in [1.54, 1.807) is 0 Å². The van der Waals surface area contributed by atoms with Crippen LogP contribution in [0, 0.1) is 20.8 Å². The molecule has 33 heavy (non-hydrogen) atoms. The predicted molar refractivity (Wildman–Crippen MR) is 121 cm³/mol. The minimum absolute atomic E-state index is 0.209. The summed E-state index contributed by atoms with van der Waals surface area (Å²) in [7, 11) is 0. The van der Waals surface area contributed by atoms with Crippen LogP contribution < -0.4 is 14.3 Å². The molecule has 0 amide bonds. The van der Waals surface area contributed by atoms with Crippen LogP contribution in [0.3, 0.4) is 0 Å². The second-order valence-electron chi connectivity index (χ2n) is 8.66. The van der Waals surface area contributed by atoms with Crippen LogP contribution >= 0.6 is 11.3 Å². The van der Waals surface area contributed by atoms with Crippen molar-refractivity contribution in [3.63, 3.8) is 0 Å². The topological polar surface area (TPSA) is 91.8 Å². The zero-order chi connectivity index (χ0) is 24.1. The lowest BCUT2D eigenvalue weighted by molar-refractivity contribution is 0.0164. The van der Waals surface area contributed by atoms with Crippen LogP contribution in [0.5, 0.6) is 23.1 Å². The zero-order valence-corrected chi connectivity index (χ0v) is 19.5. The van der Waals surface area contributed by atoms with Crippen molar-refractivity contribution >= 4 is 11.3 Å². The van der Waals surface area contributed by atoms with Gasteiger partial charge >= 0.3 is 10.8 Å². The molecule has 3 N–H and O–H groups in total. The van der Waals surface area contributed by atoms with Crippen molar-refractivity contribution in [3.8, 4) is 23.1 Å². The van der Waals surface area contributed by atoms with E-state index in [0.717, 1.165) is 34.4 Å². The van der Waals surface area contributed by atoms with Gasteiger partial charge in [-0.1, -0.05) is 11.3 Å². The molecule has 6 nitrogen and oxygen atoms in total. The third-order valence-electron chi connectivity index (χ3n) is 6.27. The molecule has 1 aliphatic heterocycles. The summed E-state index contributed by atoms with van der Waals surface area (Å²) in [6.45, 7) is 7.80. The molecule has 1 atom stereocenters. The lowest BCUT2D eigenvalue weighted by atomic mass is 9.87. The normalized spacial score (nSPS) is 18.0. The highest BCUT2D eigenvalue weighted by molar-refractivity contribution is 7.09. The first-order chi connectivity index (χ1) is 15.4. The molecule has 1 unspecified atom stereocenters. The average molecular weight is 478 g/mol. The SMILES string of the molecule is Cc1c(C)c2c(c(C)c1O)CCC(C)(COc1ccc(C(F)(F)c3sc(=O)[nH]c3O)cc1)O2. The highest BCUT2D eigenvalue weighted by Crippen LogP contribution is 2.44. The van der Waals surface area contributed by atoms with Crippen molar-refractivity contribution in [2.24, 2.45) is 0 Å². The minimum Gasteiger partial charge on any atom is -0.507 e. The molecule has 9 heteroatoms. The molecule has 176 valence electrons. The van der Waals surface area contributed by atoms with Crippen LogP contribution in [0.4, 0.5) is 8.78 Å². The van der Waals surface area contributed by atoms with Crippen molar-refractivity contribution < 1.29 is 28.5 Å². The second-order valence-corrected chi connectivity index (χ2v) is 9.65. The molecule has 0 spiro atoms. The molecule has 0 fully saturated rings. The second kappa shape index (κ2) is 8.06. The lowest BCUT2D eigenvalue weighted by Crippen LogP contribution is -2.42. The van der Waals surface area contributed by atoms with E-state index in [-0.39, 0.29) is 23.5 Å². The van der Waals surface area contributed by atoms with Gasteiger partial charge in [0, 0.05) is 11.1 Å². The fraction of sp³-hybridized carbons (Fsp3) is 0.375. The monoisotopic (exact) mass is 477 g/mol. The molecule has 4 rings (SSSR count). The van der Waals surface area contributed by atoms with Gasteiger partial charge in [-0.2, -0.15) is 8.78 Å². The van der Waals surface area contributed by atoms with Crippen LogP contribution in [-0.4, -0.2) is 27.4 Å². The number of nitrogens with one attached hydrogen (secondary N) is 1. The summed E-state index contributed by atoms with van der Waals surface area (Å²) in [6, 6.07) is 5.26. The maximum atomic E-state index is 14.7. The van der Waals surface area contributed by atoms with Crippen molar-refractivity contribution in [2.75, 3.05) is 6.61 Å². The Morgan fingerprint density at radius 3 is 2.42 bits per heavy atom. The first-order valence-electron chi connectivity index (χ1n) is 10.5. The highest BCUT2D eigenvalue weighted by Gasteiger charge is 2.40. The summed E-state index contributed by atoms with van der Waals surface area (Å²) in [5.74, 6) is -2.89. The number of hydrogen-bond donors (Lipinski definition) is 3. The fourth-order valence-electron chi connectivity index (χ4n) is 4.06. The van der Waals surface area contributed by atoms with Crippen LogP contribution in [-0.2, 0) is 12.3 Å². The number of phenolic OH excluding ortho intramolecular Hbond substituents is 1. The Kier molecular flexibility index (Phi) is 5.64. The number of fused-ring (bicyclic) bond motifs is 1. The molecule has 0 aliphatic carbocycles. The Morgan fingerprint density at radius 1 is 1.15 bits per heavy atom. The molecule has 1 aromatic heterocycles. The van der Waals surface area contributed by atoms with E-state index in [1.165, 1.54) is 24.3 Å². The number of aromatic hydroxyl groups is 2. The quantitative estimate of drug-likeness (QED) is 0.477. The maximum absolute atomic E-state index is 14.7. The maximum Gasteiger partial charge on any atom is 0.312 e. The van der Waals surface area contributed by atoms with Gasteiger partial charge in [0.1, 0.15) is 34.3 Å². The number of halogens is 2. The summed E-state index contributed by atoms with van der Waals surface area (Å²) in [6.07, 6.45) is 1.40. The summed E-state index contributed by atoms with van der Waals surface area (Å²) in [5, 5.41) is 19.9. The van der Waals surface area contributed by atoms with Gasteiger partial charge in [-0.25, -0.2) is 0 Å². The molecule has 2 aromatic carbocycles. The van der Waals surface area contributed by atoms with Crippen LogP contribution in [0.2, 0.25) is 0 Å². The lowest BCUT2D eigenvalue weighted by Gasteiger charge is -2.37. The Bertz CT molecular complexity index is 1270. The van der Waals surface area contributed by atoms with Gasteiger partial charge in [-0.15, -0.1) is 0 Å². The molecule has 0 saturated carbocycles. The number of aromatic amines is 1. The van der Waals surface area contributed by atoms with Crippen molar-refractivity contribution in [3.05, 3.63) is 66.6 Å². The highest BCUT2D eigenvalue weighted by atomic mass is 32.1. The summed E-state index contributed by atoms with van der Waals surface area (Å²) >= 11 is 0.273. The van der Waals surface area contributed by atoms with Crippen LogP contribution in [0.15, 0.2) is 29.1 Å². The molecule has 2 heterocycles.